The van der Waals surface area contributed by atoms with E-state index < -0.39 is 40.2 Å². The Morgan fingerprint density at radius 2 is 1.89 bits per heavy atom. The molecule has 1 atom stereocenters. The third-order valence-corrected chi connectivity index (χ3v) is 7.16. The molecule has 1 aromatic heterocycles. The van der Waals surface area contributed by atoms with E-state index in [2.05, 4.69) is 25.8 Å². The van der Waals surface area contributed by atoms with Crippen LogP contribution >= 0.6 is 0 Å². The Labute approximate surface area is 200 Å². The number of nitrogens with zero attached hydrogens (tertiary/aromatic N) is 1. The van der Waals surface area contributed by atoms with Gasteiger partial charge in [0.25, 0.3) is 17.7 Å². The molecule has 0 bridgehead atoms. The fourth-order valence-electron chi connectivity index (χ4n) is 3.45. The van der Waals surface area contributed by atoms with Crippen molar-refractivity contribution in [2.45, 2.75) is 49.0 Å². The molecule has 2 amide bonds. The Bertz CT molecular complexity index is 1270. The molecule has 2 aliphatic carbocycles. The molecule has 2 saturated carbocycles. The van der Waals surface area contributed by atoms with E-state index in [9.17, 15) is 26.8 Å². The van der Waals surface area contributed by atoms with Crippen LogP contribution in [0.2, 0.25) is 0 Å². The van der Waals surface area contributed by atoms with Gasteiger partial charge in [0.15, 0.2) is 0 Å². The lowest BCUT2D eigenvalue weighted by molar-refractivity contribution is 0.0365. The highest BCUT2D eigenvalue weighted by molar-refractivity contribution is 7.89. The summed E-state index contributed by atoms with van der Waals surface area (Å²) >= 11 is 0. The van der Waals surface area contributed by atoms with Gasteiger partial charge in [0.05, 0.1) is 29.6 Å². The van der Waals surface area contributed by atoms with Gasteiger partial charge in [-0.3, -0.25) is 19.4 Å². The second kappa shape index (κ2) is 9.47. The first kappa shape index (κ1) is 24.9. The van der Waals surface area contributed by atoms with Crippen LogP contribution in [0.5, 0.6) is 0 Å². The van der Waals surface area contributed by atoms with E-state index in [1.165, 1.54) is 13.1 Å². The van der Waals surface area contributed by atoms with E-state index in [1.54, 1.807) is 25.1 Å². The lowest BCUT2D eigenvalue weighted by Gasteiger charge is -2.17. The summed E-state index contributed by atoms with van der Waals surface area (Å²) in [5.74, 6) is -4.22. The fourth-order valence-corrected chi connectivity index (χ4v) is 4.37. The summed E-state index contributed by atoms with van der Waals surface area (Å²) in [6, 6.07) is 4.85. The Morgan fingerprint density at radius 3 is 2.49 bits per heavy atom. The number of rotatable bonds is 10. The van der Waals surface area contributed by atoms with E-state index >= 15 is 0 Å². The zero-order valence-electron chi connectivity index (χ0n) is 19.0. The third kappa shape index (κ3) is 5.57. The normalized spacial score (nSPS) is 18.6. The predicted octanol–water partition coefficient (Wildman–Crippen LogP) is 2.43. The first-order valence-electron chi connectivity index (χ1n) is 11.0. The monoisotopic (exact) mass is 509 g/mol. The quantitative estimate of drug-likeness (QED) is 0.361. The predicted molar refractivity (Wildman–Crippen MR) is 122 cm³/mol. The summed E-state index contributed by atoms with van der Waals surface area (Å²) in [7, 11) is -2.60. The molecule has 2 fully saturated rings. The first-order valence-corrected chi connectivity index (χ1v) is 12.5. The van der Waals surface area contributed by atoms with Gasteiger partial charge in [-0.05, 0) is 56.5 Å². The molecule has 0 saturated heterocycles. The highest BCUT2D eigenvalue weighted by Crippen LogP contribution is 2.43. The number of carbonyl (C=O) groups excluding carboxylic acids is 2. The van der Waals surface area contributed by atoms with E-state index in [-0.39, 0.29) is 34.1 Å². The SMILES string of the molecule is CCONC(=O)c1cnc(C(=O)NC2CC2(F)F)cc1Nc1ccc(C2CC2)cc1S(=O)(=O)NC. The van der Waals surface area contributed by atoms with Crippen molar-refractivity contribution in [3.05, 3.63) is 47.3 Å². The van der Waals surface area contributed by atoms with Gasteiger partial charge < -0.3 is 10.6 Å². The molecule has 188 valence electrons. The number of halogens is 2. The second-order valence-corrected chi connectivity index (χ2v) is 10.2. The molecule has 2 aliphatic rings. The summed E-state index contributed by atoms with van der Waals surface area (Å²) in [6.45, 7) is 1.85. The van der Waals surface area contributed by atoms with Crippen molar-refractivity contribution in [1.29, 1.82) is 0 Å². The molecule has 1 heterocycles. The van der Waals surface area contributed by atoms with Gasteiger partial charge in [0, 0.05) is 12.6 Å². The molecule has 13 heteroatoms. The van der Waals surface area contributed by atoms with E-state index in [0.717, 1.165) is 24.6 Å². The molecule has 1 aromatic carbocycles. The maximum atomic E-state index is 13.2. The number of hydrogen-bond acceptors (Lipinski definition) is 7. The topological polar surface area (TPSA) is 139 Å². The average Bonchev–Trinajstić information content (AvgIpc) is 3.75. The zero-order valence-corrected chi connectivity index (χ0v) is 19.8. The van der Waals surface area contributed by atoms with Crippen molar-refractivity contribution in [2.75, 3.05) is 19.0 Å². The highest BCUT2D eigenvalue weighted by Gasteiger charge is 2.58. The minimum absolute atomic E-state index is 0.0386. The number of carbonyl (C=O) groups is 2. The number of alkyl halides is 2. The second-order valence-electron chi connectivity index (χ2n) is 8.33. The van der Waals surface area contributed by atoms with E-state index in [0.29, 0.717) is 5.92 Å². The van der Waals surface area contributed by atoms with Crippen molar-refractivity contribution in [3.63, 3.8) is 0 Å². The van der Waals surface area contributed by atoms with Gasteiger partial charge >= 0.3 is 0 Å². The Balaban J connectivity index is 1.71. The molecule has 35 heavy (non-hydrogen) atoms. The van der Waals surface area contributed by atoms with E-state index in [1.807, 2.05) is 0 Å². The van der Waals surface area contributed by atoms with Crippen LogP contribution in [-0.2, 0) is 14.9 Å². The number of aromatic nitrogens is 1. The number of hydrogen-bond donors (Lipinski definition) is 4. The molecular weight excluding hydrogens is 484 g/mol. The summed E-state index contributed by atoms with van der Waals surface area (Å²) in [6.07, 6.45) is 2.56. The number of pyridine rings is 1. The van der Waals surface area contributed by atoms with Crippen molar-refractivity contribution in [2.24, 2.45) is 0 Å². The van der Waals surface area contributed by atoms with Gasteiger partial charge in [0.1, 0.15) is 10.6 Å². The number of amides is 2. The molecule has 0 spiro atoms. The average molecular weight is 510 g/mol. The number of anilines is 2. The number of sulfonamides is 1. The summed E-state index contributed by atoms with van der Waals surface area (Å²) in [5, 5.41) is 5.10. The molecule has 2 aromatic rings. The van der Waals surface area contributed by atoms with Crippen molar-refractivity contribution >= 4 is 33.2 Å². The largest absolute Gasteiger partial charge is 0.354 e. The third-order valence-electron chi connectivity index (χ3n) is 5.70. The van der Waals surface area contributed by atoms with Crippen LogP contribution in [0.1, 0.15) is 58.5 Å². The zero-order chi connectivity index (χ0) is 25.4. The first-order chi connectivity index (χ1) is 16.6. The summed E-state index contributed by atoms with van der Waals surface area (Å²) < 4.78 is 54.2. The van der Waals surface area contributed by atoms with E-state index in [4.69, 9.17) is 4.84 Å². The molecular formula is C22H25F2N5O5S. The van der Waals surface area contributed by atoms with Crippen LogP contribution in [0.15, 0.2) is 35.4 Å². The maximum absolute atomic E-state index is 13.2. The van der Waals surface area contributed by atoms with Crippen molar-refractivity contribution < 1.29 is 31.6 Å². The standard InChI is InChI=1S/C22H25F2N5O5S/c1-3-34-29-20(30)14-11-26-17(21(31)28-19-10-22(19,23)24)9-16(14)27-15-7-6-13(12-4-5-12)8-18(15)35(32,33)25-2/h6-9,11-12,19,25H,3-5,10H2,1-2H3,(H,26,27)(H,28,31)(H,29,30). The Hall–Kier alpha value is -3.16. The molecule has 0 radical (unpaired) electrons. The van der Waals surface area contributed by atoms with Gasteiger partial charge in [-0.1, -0.05) is 6.07 Å². The molecule has 0 aliphatic heterocycles. The number of nitrogens with one attached hydrogen (secondary N) is 4. The minimum atomic E-state index is -3.89. The van der Waals surface area contributed by atoms with Crippen molar-refractivity contribution in [1.82, 2.24) is 20.5 Å². The Morgan fingerprint density at radius 1 is 1.17 bits per heavy atom. The summed E-state index contributed by atoms with van der Waals surface area (Å²) in [5.41, 5.74) is 3.00. The molecule has 4 N–H and O–H groups in total. The lowest BCUT2D eigenvalue weighted by Crippen LogP contribution is -2.30. The highest BCUT2D eigenvalue weighted by atomic mass is 32.2. The number of hydroxylamine groups is 1. The lowest BCUT2D eigenvalue weighted by atomic mass is 10.1. The number of benzene rings is 1. The molecule has 10 nitrogen and oxygen atoms in total. The molecule has 1 unspecified atom stereocenters. The smallest absolute Gasteiger partial charge is 0.278 e. The molecule has 4 rings (SSSR count). The van der Waals surface area contributed by atoms with Crippen LogP contribution in [0, 0.1) is 0 Å². The minimum Gasteiger partial charge on any atom is -0.354 e. The van der Waals surface area contributed by atoms with Gasteiger partial charge in [-0.2, -0.15) is 0 Å². The maximum Gasteiger partial charge on any atom is 0.278 e. The van der Waals surface area contributed by atoms with Crippen LogP contribution in [0.25, 0.3) is 0 Å². The van der Waals surface area contributed by atoms with Crippen LogP contribution < -0.4 is 20.8 Å². The van der Waals surface area contributed by atoms with Gasteiger partial charge in [0.2, 0.25) is 10.0 Å². The fraction of sp³-hybridized carbons (Fsp3) is 0.409. The van der Waals surface area contributed by atoms with Gasteiger partial charge in [-0.15, -0.1) is 0 Å². The summed E-state index contributed by atoms with van der Waals surface area (Å²) in [4.78, 5) is 33.9. The Kier molecular flexibility index (Phi) is 6.75. The van der Waals surface area contributed by atoms with Crippen LogP contribution in [0.4, 0.5) is 20.2 Å². The van der Waals surface area contributed by atoms with Crippen LogP contribution in [-0.4, -0.2) is 50.8 Å². The van der Waals surface area contributed by atoms with Gasteiger partial charge in [-0.25, -0.2) is 27.4 Å². The van der Waals surface area contributed by atoms with Crippen molar-refractivity contribution in [3.8, 4) is 0 Å². The van der Waals surface area contributed by atoms with Crippen LogP contribution in [0.3, 0.4) is 0 Å².